The van der Waals surface area contributed by atoms with E-state index in [1.165, 1.54) is 4.80 Å². The lowest BCUT2D eigenvalue weighted by atomic mass is 10.1. The number of nitrogens with zero attached hydrogens (tertiary/aromatic N) is 6. The highest BCUT2D eigenvalue weighted by atomic mass is 16.3. The number of amides is 1. The molecule has 31 heavy (non-hydrogen) atoms. The number of hydrogen-bond acceptors (Lipinski definition) is 6. The molecule has 1 N–H and O–H groups in total. The summed E-state index contributed by atoms with van der Waals surface area (Å²) in [6.45, 7) is 7.58. The number of rotatable bonds is 4. The molecule has 0 spiro atoms. The van der Waals surface area contributed by atoms with E-state index >= 15 is 0 Å². The Hall–Kier alpha value is -3.26. The van der Waals surface area contributed by atoms with Crippen LogP contribution in [-0.4, -0.2) is 61.6 Å². The van der Waals surface area contributed by atoms with Crippen LogP contribution in [-0.2, 0) is 5.60 Å². The predicted molar refractivity (Wildman–Crippen MR) is 118 cm³/mol. The fraction of sp³-hybridized carbons (Fsp3) is 0.391. The van der Waals surface area contributed by atoms with Crippen LogP contribution in [0, 0.1) is 0 Å². The van der Waals surface area contributed by atoms with E-state index in [2.05, 4.69) is 27.0 Å². The number of aromatic nitrogens is 4. The van der Waals surface area contributed by atoms with Gasteiger partial charge >= 0.3 is 0 Å². The van der Waals surface area contributed by atoms with E-state index in [1.54, 1.807) is 26.2 Å². The smallest absolute Gasteiger partial charge is 0.256 e. The minimum Gasteiger partial charge on any atom is -0.384 e. The zero-order valence-corrected chi connectivity index (χ0v) is 18.1. The molecule has 162 valence electrons. The van der Waals surface area contributed by atoms with E-state index in [0.29, 0.717) is 30.0 Å². The van der Waals surface area contributed by atoms with Crippen LogP contribution in [0.5, 0.6) is 0 Å². The highest BCUT2D eigenvalue weighted by molar-refractivity contribution is 5.98. The quantitative estimate of drug-likeness (QED) is 0.698. The van der Waals surface area contributed by atoms with E-state index in [4.69, 9.17) is 0 Å². The van der Waals surface area contributed by atoms with E-state index < -0.39 is 5.60 Å². The zero-order chi connectivity index (χ0) is 22.0. The second-order valence-electron chi connectivity index (χ2n) is 8.40. The molecule has 1 fully saturated rings. The molecule has 3 heterocycles. The zero-order valence-electron chi connectivity index (χ0n) is 18.1. The van der Waals surface area contributed by atoms with Gasteiger partial charge in [-0.3, -0.25) is 4.79 Å². The maximum Gasteiger partial charge on any atom is 0.256 e. The van der Waals surface area contributed by atoms with Gasteiger partial charge in [-0.05, 0) is 51.5 Å². The van der Waals surface area contributed by atoms with Crippen molar-refractivity contribution in [3.05, 3.63) is 66.1 Å². The van der Waals surface area contributed by atoms with Crippen molar-refractivity contribution in [3.8, 4) is 5.69 Å². The van der Waals surface area contributed by atoms with Crippen molar-refractivity contribution in [2.75, 3.05) is 24.5 Å². The van der Waals surface area contributed by atoms with Crippen LogP contribution in [0.1, 0.15) is 43.2 Å². The summed E-state index contributed by atoms with van der Waals surface area (Å²) in [5, 5.41) is 18.7. The van der Waals surface area contributed by atoms with Gasteiger partial charge in [0.1, 0.15) is 11.4 Å². The number of carbonyl (C=O) groups is 1. The van der Waals surface area contributed by atoms with Gasteiger partial charge < -0.3 is 14.9 Å². The highest BCUT2D eigenvalue weighted by Crippen LogP contribution is 2.24. The molecule has 8 nitrogen and oxygen atoms in total. The maximum absolute atomic E-state index is 13.5. The molecule has 0 saturated carbocycles. The summed E-state index contributed by atoms with van der Waals surface area (Å²) in [5.74, 6) is 0.794. The number of anilines is 1. The number of benzene rings is 1. The molecule has 0 bridgehead atoms. The van der Waals surface area contributed by atoms with Crippen LogP contribution >= 0.6 is 0 Å². The highest BCUT2D eigenvalue weighted by Gasteiger charge is 2.28. The minimum atomic E-state index is -0.999. The van der Waals surface area contributed by atoms with Crippen LogP contribution in [0.2, 0.25) is 0 Å². The number of pyridine rings is 1. The molecule has 0 radical (unpaired) electrons. The van der Waals surface area contributed by atoms with E-state index in [9.17, 15) is 9.90 Å². The molecular formula is C23H28N6O2. The lowest BCUT2D eigenvalue weighted by molar-refractivity contribution is 0.0704. The molecule has 4 rings (SSSR count). The van der Waals surface area contributed by atoms with Crippen molar-refractivity contribution >= 4 is 11.7 Å². The topological polar surface area (TPSA) is 87.4 Å². The molecule has 3 aromatic rings. The second kappa shape index (κ2) is 8.47. The van der Waals surface area contributed by atoms with Gasteiger partial charge in [-0.1, -0.05) is 18.2 Å². The Balaban J connectivity index is 1.56. The van der Waals surface area contributed by atoms with Crippen molar-refractivity contribution in [1.29, 1.82) is 0 Å². The molecular weight excluding hydrogens is 392 g/mol. The van der Waals surface area contributed by atoms with Crippen molar-refractivity contribution in [2.24, 2.45) is 0 Å². The van der Waals surface area contributed by atoms with Gasteiger partial charge in [0.2, 0.25) is 0 Å². The van der Waals surface area contributed by atoms with E-state index in [0.717, 1.165) is 18.8 Å². The Morgan fingerprint density at radius 3 is 2.52 bits per heavy atom. The van der Waals surface area contributed by atoms with Crippen molar-refractivity contribution in [3.63, 3.8) is 0 Å². The summed E-state index contributed by atoms with van der Waals surface area (Å²) in [7, 11) is 0. The van der Waals surface area contributed by atoms with Gasteiger partial charge in [0.05, 0.1) is 29.3 Å². The summed E-state index contributed by atoms with van der Waals surface area (Å²) < 4.78 is 0. The molecule has 1 saturated heterocycles. The average molecular weight is 421 g/mol. The first kappa shape index (κ1) is 21.0. The third-order valence-electron chi connectivity index (χ3n) is 5.67. The molecule has 1 aliphatic rings. The molecule has 1 amide bonds. The maximum atomic E-state index is 13.5. The van der Waals surface area contributed by atoms with Crippen LogP contribution in [0.4, 0.5) is 5.82 Å². The third-order valence-corrected chi connectivity index (χ3v) is 5.67. The van der Waals surface area contributed by atoms with Crippen molar-refractivity contribution < 1.29 is 9.90 Å². The molecule has 0 aliphatic carbocycles. The fourth-order valence-corrected chi connectivity index (χ4v) is 3.85. The van der Waals surface area contributed by atoms with Crippen LogP contribution in [0.15, 0.2) is 54.9 Å². The first-order valence-corrected chi connectivity index (χ1v) is 10.6. The summed E-state index contributed by atoms with van der Waals surface area (Å²) >= 11 is 0. The summed E-state index contributed by atoms with van der Waals surface area (Å²) in [6, 6.07) is 13.2. The van der Waals surface area contributed by atoms with Gasteiger partial charge in [0.15, 0.2) is 0 Å². The van der Waals surface area contributed by atoms with Crippen LogP contribution < -0.4 is 4.90 Å². The van der Waals surface area contributed by atoms with Gasteiger partial charge in [0, 0.05) is 25.7 Å². The Kier molecular flexibility index (Phi) is 5.73. The molecule has 8 heteroatoms. The summed E-state index contributed by atoms with van der Waals surface area (Å²) in [4.78, 5) is 23.7. The van der Waals surface area contributed by atoms with Gasteiger partial charge in [0.25, 0.3) is 5.91 Å². The lowest BCUT2D eigenvalue weighted by Crippen LogP contribution is -2.40. The van der Waals surface area contributed by atoms with Crippen LogP contribution in [0.25, 0.3) is 5.69 Å². The number of hydrogen-bond donors (Lipinski definition) is 1. The normalized spacial score (nSPS) is 17.5. The van der Waals surface area contributed by atoms with Gasteiger partial charge in [-0.25, -0.2) is 4.98 Å². The average Bonchev–Trinajstić information content (AvgIpc) is 3.23. The minimum absolute atomic E-state index is 0.0274. The predicted octanol–water partition coefficient (Wildman–Crippen LogP) is 2.63. The standard InChI is InChI=1S/C23H28N6O2/c1-17-11-14-27(21-10-6-9-20(26-21)23(2,3)31)15-16-28(17)22(30)18-7-4-5-8-19(18)29-24-12-13-25-29/h4-10,12-13,17,31H,11,14-16H2,1-3H3. The molecule has 1 aromatic carbocycles. The molecule has 1 aliphatic heterocycles. The second-order valence-corrected chi connectivity index (χ2v) is 8.40. The van der Waals surface area contributed by atoms with E-state index in [1.807, 2.05) is 47.4 Å². The van der Waals surface area contributed by atoms with Gasteiger partial charge in [-0.2, -0.15) is 15.0 Å². The molecule has 2 aromatic heterocycles. The fourth-order valence-electron chi connectivity index (χ4n) is 3.85. The van der Waals surface area contributed by atoms with Crippen molar-refractivity contribution in [2.45, 2.75) is 38.8 Å². The first-order chi connectivity index (χ1) is 14.8. The summed E-state index contributed by atoms with van der Waals surface area (Å²) in [5.41, 5.74) is 0.892. The Bertz CT molecular complexity index is 1040. The van der Waals surface area contributed by atoms with Gasteiger partial charge in [-0.15, -0.1) is 0 Å². The number of para-hydroxylation sites is 1. The SMILES string of the molecule is CC1CCN(c2cccc(C(C)(C)O)n2)CCN1C(=O)c1ccccc1-n1nccn1. The Labute approximate surface area is 182 Å². The monoisotopic (exact) mass is 420 g/mol. The number of carbonyl (C=O) groups excluding carboxylic acids is 1. The summed E-state index contributed by atoms with van der Waals surface area (Å²) in [6.07, 6.45) is 4.02. The first-order valence-electron chi connectivity index (χ1n) is 10.6. The van der Waals surface area contributed by atoms with Crippen LogP contribution in [0.3, 0.4) is 0 Å². The molecule has 1 unspecified atom stereocenters. The number of aliphatic hydroxyl groups is 1. The lowest BCUT2D eigenvalue weighted by Gasteiger charge is -2.27. The largest absolute Gasteiger partial charge is 0.384 e. The Morgan fingerprint density at radius 1 is 1.03 bits per heavy atom. The van der Waals surface area contributed by atoms with Crippen molar-refractivity contribution in [1.82, 2.24) is 24.9 Å². The Morgan fingerprint density at radius 2 is 1.77 bits per heavy atom. The molecule has 1 atom stereocenters. The van der Waals surface area contributed by atoms with E-state index in [-0.39, 0.29) is 11.9 Å². The third kappa shape index (κ3) is 4.44.